The van der Waals surface area contributed by atoms with Gasteiger partial charge in [-0.1, -0.05) is 0 Å². The predicted octanol–water partition coefficient (Wildman–Crippen LogP) is 3.17. The second-order valence-corrected chi connectivity index (χ2v) is 5.43. The molecule has 0 heterocycles. The highest BCUT2D eigenvalue weighted by Gasteiger charge is 2.30. The van der Waals surface area contributed by atoms with Crippen LogP contribution in [0.4, 0.5) is 15.8 Å². The summed E-state index contributed by atoms with van der Waals surface area (Å²) in [5.74, 6) is -0.195. The monoisotopic (exact) mass is 282 g/mol. The molecule has 3 N–H and O–H groups in total. The predicted molar refractivity (Wildman–Crippen MR) is 78.6 cm³/mol. The van der Waals surface area contributed by atoms with Crippen LogP contribution in [0.1, 0.15) is 33.6 Å². The molecule has 0 amide bonds. The largest absolute Gasteiger partial charge is 0.488 e. The Labute approximate surface area is 119 Å². The van der Waals surface area contributed by atoms with Gasteiger partial charge in [0, 0.05) is 24.8 Å². The first-order chi connectivity index (χ1) is 9.49. The van der Waals surface area contributed by atoms with E-state index in [0.29, 0.717) is 17.8 Å². The van der Waals surface area contributed by atoms with E-state index < -0.39 is 5.82 Å². The number of nitrogens with two attached hydrogens (primary N) is 1. The molecule has 1 fully saturated rings. The number of nitrogens with one attached hydrogen (secondary N) is 1. The van der Waals surface area contributed by atoms with E-state index in [4.69, 9.17) is 15.2 Å². The standard InChI is InChI=1S/C15H23FN2O2/c1-4-19-11-5-10(6-11)18-14-8-15(20-9(2)3)12(16)7-13(14)17/h7-11,18H,4-6,17H2,1-3H3. The van der Waals surface area contributed by atoms with Gasteiger partial charge >= 0.3 is 0 Å². The molecule has 0 unspecified atom stereocenters. The van der Waals surface area contributed by atoms with Gasteiger partial charge in [-0.05, 0) is 33.6 Å². The summed E-state index contributed by atoms with van der Waals surface area (Å²) in [5.41, 5.74) is 6.98. The molecule has 112 valence electrons. The minimum atomic E-state index is -0.428. The van der Waals surface area contributed by atoms with Gasteiger partial charge < -0.3 is 20.5 Å². The first kappa shape index (κ1) is 14.9. The van der Waals surface area contributed by atoms with Gasteiger partial charge in [-0.2, -0.15) is 0 Å². The zero-order valence-electron chi connectivity index (χ0n) is 12.3. The molecule has 0 radical (unpaired) electrons. The number of hydrogen-bond donors (Lipinski definition) is 2. The molecule has 1 aliphatic carbocycles. The van der Waals surface area contributed by atoms with Crippen molar-refractivity contribution in [1.82, 2.24) is 0 Å². The highest BCUT2D eigenvalue weighted by Crippen LogP contribution is 2.33. The van der Waals surface area contributed by atoms with Crippen LogP contribution in [0.15, 0.2) is 12.1 Å². The molecule has 5 heteroatoms. The molecular weight excluding hydrogens is 259 g/mol. The molecule has 1 aliphatic rings. The summed E-state index contributed by atoms with van der Waals surface area (Å²) >= 11 is 0. The quantitative estimate of drug-likeness (QED) is 0.787. The fraction of sp³-hybridized carbons (Fsp3) is 0.600. The third-order valence-electron chi connectivity index (χ3n) is 3.32. The molecule has 20 heavy (non-hydrogen) atoms. The van der Waals surface area contributed by atoms with Crippen molar-refractivity contribution in [2.24, 2.45) is 0 Å². The lowest BCUT2D eigenvalue weighted by Crippen LogP contribution is -2.40. The molecule has 1 saturated carbocycles. The normalized spacial score (nSPS) is 21.6. The zero-order valence-corrected chi connectivity index (χ0v) is 12.3. The average Bonchev–Trinajstić information content (AvgIpc) is 2.31. The lowest BCUT2D eigenvalue weighted by molar-refractivity contribution is 0.00300. The van der Waals surface area contributed by atoms with Crippen molar-refractivity contribution >= 4 is 11.4 Å². The van der Waals surface area contributed by atoms with Gasteiger partial charge in [0.15, 0.2) is 11.6 Å². The summed E-state index contributed by atoms with van der Waals surface area (Å²) in [6.07, 6.45) is 2.15. The van der Waals surface area contributed by atoms with Gasteiger partial charge in [0.1, 0.15) is 0 Å². The van der Waals surface area contributed by atoms with Crippen LogP contribution in [0.2, 0.25) is 0 Å². The molecule has 4 nitrogen and oxygen atoms in total. The van der Waals surface area contributed by atoms with E-state index in [0.717, 1.165) is 25.1 Å². The lowest BCUT2D eigenvalue weighted by Gasteiger charge is -2.36. The Balaban J connectivity index is 2.01. The maximum atomic E-state index is 13.7. The summed E-state index contributed by atoms with van der Waals surface area (Å²) in [5, 5.41) is 3.32. The van der Waals surface area contributed by atoms with Crippen LogP contribution in [0.3, 0.4) is 0 Å². The highest BCUT2D eigenvalue weighted by molar-refractivity contribution is 5.69. The molecule has 2 rings (SSSR count). The fourth-order valence-electron chi connectivity index (χ4n) is 2.31. The van der Waals surface area contributed by atoms with Crippen molar-refractivity contribution < 1.29 is 13.9 Å². The molecular formula is C15H23FN2O2. The first-order valence-electron chi connectivity index (χ1n) is 7.13. The van der Waals surface area contributed by atoms with Crippen LogP contribution >= 0.6 is 0 Å². The van der Waals surface area contributed by atoms with Gasteiger partial charge in [0.2, 0.25) is 0 Å². The van der Waals surface area contributed by atoms with E-state index >= 15 is 0 Å². The Hall–Kier alpha value is -1.49. The van der Waals surface area contributed by atoms with Crippen molar-refractivity contribution in [2.75, 3.05) is 17.7 Å². The topological polar surface area (TPSA) is 56.5 Å². The molecule has 0 bridgehead atoms. The summed E-state index contributed by atoms with van der Waals surface area (Å²) in [4.78, 5) is 0. The number of ether oxygens (including phenoxy) is 2. The van der Waals surface area contributed by atoms with E-state index in [9.17, 15) is 4.39 Å². The average molecular weight is 282 g/mol. The van der Waals surface area contributed by atoms with E-state index in [1.807, 2.05) is 20.8 Å². The van der Waals surface area contributed by atoms with Crippen LogP contribution in [-0.4, -0.2) is 24.9 Å². The van der Waals surface area contributed by atoms with E-state index in [1.165, 1.54) is 6.07 Å². The molecule has 0 atom stereocenters. The van der Waals surface area contributed by atoms with E-state index in [2.05, 4.69) is 5.32 Å². The van der Waals surface area contributed by atoms with Crippen LogP contribution < -0.4 is 15.8 Å². The smallest absolute Gasteiger partial charge is 0.167 e. The second kappa shape index (κ2) is 6.31. The highest BCUT2D eigenvalue weighted by atomic mass is 19.1. The van der Waals surface area contributed by atoms with Crippen molar-refractivity contribution in [3.05, 3.63) is 17.9 Å². The maximum Gasteiger partial charge on any atom is 0.167 e. The lowest BCUT2D eigenvalue weighted by atomic mass is 9.89. The Morgan fingerprint density at radius 3 is 2.70 bits per heavy atom. The van der Waals surface area contributed by atoms with E-state index in [-0.39, 0.29) is 11.9 Å². The van der Waals surface area contributed by atoms with Gasteiger partial charge in [-0.3, -0.25) is 0 Å². The van der Waals surface area contributed by atoms with Crippen molar-refractivity contribution in [3.8, 4) is 5.75 Å². The van der Waals surface area contributed by atoms with Crippen LogP contribution in [0, 0.1) is 5.82 Å². The van der Waals surface area contributed by atoms with Crippen molar-refractivity contribution in [3.63, 3.8) is 0 Å². The third kappa shape index (κ3) is 3.54. The first-order valence-corrected chi connectivity index (χ1v) is 7.13. The van der Waals surface area contributed by atoms with Gasteiger partial charge in [-0.15, -0.1) is 0 Å². The molecule has 0 saturated heterocycles. The minimum absolute atomic E-state index is 0.0768. The Kier molecular flexibility index (Phi) is 4.70. The second-order valence-electron chi connectivity index (χ2n) is 5.43. The van der Waals surface area contributed by atoms with Gasteiger partial charge in [0.25, 0.3) is 0 Å². The Morgan fingerprint density at radius 2 is 2.10 bits per heavy atom. The number of hydrogen-bond acceptors (Lipinski definition) is 4. The number of nitrogen functional groups attached to an aromatic ring is 1. The number of halogens is 1. The van der Waals surface area contributed by atoms with Crippen LogP contribution in [0.5, 0.6) is 5.75 Å². The number of anilines is 2. The summed E-state index contributed by atoms with van der Waals surface area (Å²) in [6, 6.07) is 3.27. The maximum absolute atomic E-state index is 13.7. The van der Waals surface area contributed by atoms with Crippen molar-refractivity contribution in [2.45, 2.75) is 51.9 Å². The number of rotatable bonds is 6. The molecule has 0 aliphatic heterocycles. The molecule has 1 aromatic rings. The van der Waals surface area contributed by atoms with Crippen molar-refractivity contribution in [1.29, 1.82) is 0 Å². The fourth-order valence-corrected chi connectivity index (χ4v) is 2.31. The van der Waals surface area contributed by atoms with E-state index in [1.54, 1.807) is 6.07 Å². The molecule has 0 aromatic heterocycles. The summed E-state index contributed by atoms with van der Waals surface area (Å²) in [7, 11) is 0. The summed E-state index contributed by atoms with van der Waals surface area (Å²) < 4.78 is 24.7. The zero-order chi connectivity index (χ0) is 14.7. The minimum Gasteiger partial charge on any atom is -0.488 e. The van der Waals surface area contributed by atoms with Crippen LogP contribution in [0.25, 0.3) is 0 Å². The number of benzene rings is 1. The third-order valence-corrected chi connectivity index (χ3v) is 3.32. The Morgan fingerprint density at radius 1 is 1.40 bits per heavy atom. The van der Waals surface area contributed by atoms with Crippen LogP contribution in [-0.2, 0) is 4.74 Å². The molecule has 0 spiro atoms. The molecule has 1 aromatic carbocycles. The van der Waals surface area contributed by atoms with Gasteiger partial charge in [-0.25, -0.2) is 4.39 Å². The SMILES string of the molecule is CCOC1CC(Nc2cc(OC(C)C)c(F)cc2N)C1. The van der Waals surface area contributed by atoms with Gasteiger partial charge in [0.05, 0.1) is 23.6 Å². The Bertz CT molecular complexity index is 459. The summed E-state index contributed by atoms with van der Waals surface area (Å²) in [6.45, 7) is 6.46.